The van der Waals surface area contributed by atoms with Crippen LogP contribution in [0.1, 0.15) is 15.9 Å². The number of carbonyl (C=O) groups is 1. The van der Waals surface area contributed by atoms with Gasteiger partial charge >= 0.3 is 12.1 Å². The first-order valence-corrected chi connectivity index (χ1v) is 11.3. The number of carboxylic acid groups (broad SMARTS) is 1. The molecule has 1 heterocycles. The van der Waals surface area contributed by atoms with Gasteiger partial charge in [-0.2, -0.15) is 13.2 Å². The summed E-state index contributed by atoms with van der Waals surface area (Å²) in [6.45, 7) is 2.95. The molecule has 10 heteroatoms. The Kier molecular flexibility index (Phi) is 5.67. The maximum atomic E-state index is 13.6. The molecule has 156 valence electrons. The van der Waals surface area contributed by atoms with Gasteiger partial charge < -0.3 is 15.0 Å². The van der Waals surface area contributed by atoms with Crippen LogP contribution >= 0.6 is 7.14 Å². The van der Waals surface area contributed by atoms with Gasteiger partial charge in [-0.05, 0) is 37.6 Å². The Morgan fingerprint density at radius 1 is 1.07 bits per heavy atom. The lowest BCUT2D eigenvalue weighted by Gasteiger charge is -2.17. The summed E-state index contributed by atoms with van der Waals surface area (Å²) in [6, 6.07) is 11.7. The second-order valence-corrected chi connectivity index (χ2v) is 10.0. The Balaban J connectivity index is 2.11. The highest BCUT2D eigenvalue weighted by Gasteiger charge is 2.36. The largest absolute Gasteiger partial charge is 0.478 e. The first-order chi connectivity index (χ1) is 14.0. The van der Waals surface area contributed by atoms with E-state index in [1.165, 1.54) is 49.7 Å². The molecule has 0 radical (unpaired) electrons. The number of nitrogens with one attached hydrogen (secondary N) is 1. The van der Waals surface area contributed by atoms with Crippen LogP contribution in [0.4, 0.5) is 24.8 Å². The van der Waals surface area contributed by atoms with Crippen LogP contribution < -0.4 is 10.6 Å². The van der Waals surface area contributed by atoms with Crippen LogP contribution in [0, 0.1) is 0 Å². The number of hydrogen-bond donors (Lipinski definition) is 2. The number of halogens is 3. The molecule has 0 fully saturated rings. The van der Waals surface area contributed by atoms with Gasteiger partial charge in [-0.1, -0.05) is 24.3 Å². The van der Waals surface area contributed by atoms with Gasteiger partial charge in [0, 0.05) is 22.8 Å². The fourth-order valence-electron chi connectivity index (χ4n) is 2.82. The third-order valence-corrected chi connectivity index (χ3v) is 5.77. The topological polar surface area (TPSA) is 92.2 Å². The molecule has 2 aromatic carbocycles. The highest BCUT2D eigenvalue weighted by Crippen LogP contribution is 2.42. The van der Waals surface area contributed by atoms with Crippen molar-refractivity contribution in [3.05, 3.63) is 65.9 Å². The van der Waals surface area contributed by atoms with Crippen molar-refractivity contribution in [2.75, 3.05) is 18.6 Å². The van der Waals surface area contributed by atoms with E-state index in [1.54, 1.807) is 12.1 Å². The smallest absolute Gasteiger partial charge is 0.419 e. The summed E-state index contributed by atoms with van der Waals surface area (Å²) in [5, 5.41) is 12.0. The lowest BCUT2D eigenvalue weighted by molar-refractivity contribution is -0.137. The van der Waals surface area contributed by atoms with Gasteiger partial charge in [0.1, 0.15) is 12.7 Å². The summed E-state index contributed by atoms with van der Waals surface area (Å²) in [4.78, 5) is 18.7. The molecule has 3 aromatic rings. The van der Waals surface area contributed by atoms with E-state index in [0.717, 1.165) is 0 Å². The Morgan fingerprint density at radius 3 is 2.27 bits per heavy atom. The molecule has 3 rings (SSSR count). The van der Waals surface area contributed by atoms with Gasteiger partial charge in [0.05, 0.1) is 11.3 Å². The molecule has 0 amide bonds. The van der Waals surface area contributed by atoms with Crippen LogP contribution in [-0.4, -0.2) is 34.4 Å². The number of carboxylic acids is 1. The van der Waals surface area contributed by atoms with Gasteiger partial charge in [0.2, 0.25) is 5.95 Å². The van der Waals surface area contributed by atoms with E-state index in [-0.39, 0.29) is 28.1 Å². The van der Waals surface area contributed by atoms with Gasteiger partial charge in [0.15, 0.2) is 0 Å². The fourth-order valence-corrected chi connectivity index (χ4v) is 4.03. The second kappa shape index (κ2) is 7.91. The number of hydrogen-bond acceptors (Lipinski definition) is 5. The standard InChI is InChI=1S/C20H17F3N3O3P/c1-30(2,29)16-6-4-3-5-14(16)17-15(20(21,22)23)11-24-19(26-17)25-13-9-7-12(8-10-13)18(27)28/h3-11H,1-2H3,(H,27,28)(H,24,25,26). The number of aromatic nitrogens is 2. The molecule has 0 aliphatic carbocycles. The zero-order valence-electron chi connectivity index (χ0n) is 15.9. The van der Waals surface area contributed by atoms with Crippen LogP contribution in [0.5, 0.6) is 0 Å². The second-order valence-electron chi connectivity index (χ2n) is 6.83. The van der Waals surface area contributed by atoms with Crippen LogP contribution in [-0.2, 0) is 10.7 Å². The van der Waals surface area contributed by atoms with Crippen molar-refractivity contribution in [1.29, 1.82) is 0 Å². The molecule has 0 spiro atoms. The van der Waals surface area contributed by atoms with Crippen molar-refractivity contribution in [3.63, 3.8) is 0 Å². The zero-order chi connectivity index (χ0) is 22.1. The van der Waals surface area contributed by atoms with Gasteiger partial charge in [-0.25, -0.2) is 14.8 Å². The van der Waals surface area contributed by atoms with E-state index in [4.69, 9.17) is 5.11 Å². The molecule has 0 aliphatic heterocycles. The summed E-state index contributed by atoms with van der Waals surface area (Å²) in [5.41, 5.74) is -0.859. The Labute approximate surface area is 170 Å². The van der Waals surface area contributed by atoms with E-state index in [9.17, 15) is 22.5 Å². The van der Waals surface area contributed by atoms with Crippen LogP contribution in [0.15, 0.2) is 54.7 Å². The minimum absolute atomic E-state index is 0.0603. The molecule has 30 heavy (non-hydrogen) atoms. The molecule has 6 nitrogen and oxygen atoms in total. The average Bonchev–Trinajstić information content (AvgIpc) is 2.67. The highest BCUT2D eigenvalue weighted by atomic mass is 31.2. The number of nitrogens with zero attached hydrogens (tertiary/aromatic N) is 2. The highest BCUT2D eigenvalue weighted by molar-refractivity contribution is 7.70. The number of anilines is 2. The SMILES string of the molecule is CP(C)(=O)c1ccccc1-c1nc(Nc2ccc(C(=O)O)cc2)ncc1C(F)(F)F. The molecule has 0 saturated carbocycles. The Morgan fingerprint density at radius 2 is 1.70 bits per heavy atom. The van der Waals surface area contributed by atoms with Crippen molar-refractivity contribution in [1.82, 2.24) is 9.97 Å². The lowest BCUT2D eigenvalue weighted by atomic mass is 10.1. The predicted molar refractivity (Wildman–Crippen MR) is 108 cm³/mol. The minimum Gasteiger partial charge on any atom is -0.478 e. The van der Waals surface area contributed by atoms with E-state index < -0.39 is 24.9 Å². The van der Waals surface area contributed by atoms with Crippen molar-refractivity contribution in [2.45, 2.75) is 6.18 Å². The van der Waals surface area contributed by atoms with Crippen molar-refractivity contribution in [2.24, 2.45) is 0 Å². The number of benzene rings is 2. The van der Waals surface area contributed by atoms with E-state index >= 15 is 0 Å². The van der Waals surface area contributed by atoms with Crippen LogP contribution in [0.3, 0.4) is 0 Å². The molecule has 1 aromatic heterocycles. The third kappa shape index (κ3) is 4.68. The van der Waals surface area contributed by atoms with Gasteiger partial charge in [0.25, 0.3) is 0 Å². The molecule has 0 bridgehead atoms. The average molecular weight is 435 g/mol. The molecule has 0 aliphatic rings. The maximum Gasteiger partial charge on any atom is 0.419 e. The van der Waals surface area contributed by atoms with Gasteiger partial charge in [-0.3, -0.25) is 0 Å². The molecular formula is C20H17F3N3O3P. The summed E-state index contributed by atoms with van der Waals surface area (Å²) >= 11 is 0. The predicted octanol–water partition coefficient (Wildman–Crippen LogP) is 4.85. The van der Waals surface area contributed by atoms with Crippen molar-refractivity contribution < 1.29 is 27.6 Å². The number of aromatic carboxylic acids is 1. The van der Waals surface area contributed by atoms with E-state index in [0.29, 0.717) is 11.9 Å². The molecule has 0 saturated heterocycles. The fraction of sp³-hybridized carbons (Fsp3) is 0.150. The molecule has 0 atom stereocenters. The Hall–Kier alpha value is -3.19. The Bertz CT molecular complexity index is 1140. The van der Waals surface area contributed by atoms with Crippen molar-refractivity contribution in [3.8, 4) is 11.3 Å². The number of rotatable bonds is 5. The monoisotopic (exact) mass is 435 g/mol. The lowest BCUT2D eigenvalue weighted by Crippen LogP contribution is -2.15. The molecule has 0 unspecified atom stereocenters. The normalized spacial score (nSPS) is 11.9. The number of alkyl halides is 3. The first kappa shape index (κ1) is 21.5. The van der Waals surface area contributed by atoms with E-state index in [2.05, 4.69) is 15.3 Å². The van der Waals surface area contributed by atoms with Crippen LogP contribution in [0.2, 0.25) is 0 Å². The van der Waals surface area contributed by atoms with Crippen molar-refractivity contribution >= 4 is 30.1 Å². The summed E-state index contributed by atoms with van der Waals surface area (Å²) in [5.74, 6) is -1.22. The minimum atomic E-state index is -4.71. The van der Waals surface area contributed by atoms with E-state index in [1.807, 2.05) is 0 Å². The van der Waals surface area contributed by atoms with Crippen LogP contribution in [0.25, 0.3) is 11.3 Å². The van der Waals surface area contributed by atoms with Gasteiger partial charge in [-0.15, -0.1) is 0 Å². The summed E-state index contributed by atoms with van der Waals surface area (Å²) < 4.78 is 53.5. The first-order valence-electron chi connectivity index (χ1n) is 8.66. The molecule has 2 N–H and O–H groups in total. The molecular weight excluding hydrogens is 418 g/mol. The quantitative estimate of drug-likeness (QED) is 0.557. The summed E-state index contributed by atoms with van der Waals surface area (Å²) in [7, 11) is -2.89. The maximum absolute atomic E-state index is 13.6. The summed E-state index contributed by atoms with van der Waals surface area (Å²) in [6.07, 6.45) is -4.04. The zero-order valence-corrected chi connectivity index (χ0v) is 16.8. The third-order valence-electron chi connectivity index (χ3n) is 4.22.